The van der Waals surface area contributed by atoms with Crippen LogP contribution in [0.5, 0.6) is 0 Å². The van der Waals surface area contributed by atoms with Crippen molar-refractivity contribution in [1.29, 1.82) is 0 Å². The number of fused-ring (bicyclic) bond motifs is 1. The fourth-order valence-electron chi connectivity index (χ4n) is 2.47. The first-order valence-corrected chi connectivity index (χ1v) is 7.17. The largest absolute Gasteiger partial charge is 0.310 e. The lowest BCUT2D eigenvalue weighted by molar-refractivity contribution is -0.115. The molecular formula is C17H16FN3O. The van der Waals surface area contributed by atoms with E-state index in [-0.39, 0.29) is 18.1 Å². The Balaban J connectivity index is 1.84. The van der Waals surface area contributed by atoms with Gasteiger partial charge in [-0.2, -0.15) is 0 Å². The number of nitrogens with zero attached hydrogens (tertiary/aromatic N) is 2. The van der Waals surface area contributed by atoms with E-state index in [1.807, 2.05) is 35.8 Å². The number of rotatable bonds is 4. The summed E-state index contributed by atoms with van der Waals surface area (Å²) in [5, 5.41) is 2.77. The molecule has 0 spiro atoms. The molecule has 0 radical (unpaired) electrons. The Hall–Kier alpha value is -2.69. The van der Waals surface area contributed by atoms with Gasteiger partial charge in [0.1, 0.15) is 5.82 Å². The maximum atomic E-state index is 13.6. The van der Waals surface area contributed by atoms with E-state index in [2.05, 4.69) is 10.3 Å². The van der Waals surface area contributed by atoms with Crippen LogP contribution in [0.25, 0.3) is 11.0 Å². The molecule has 0 aliphatic rings. The molecule has 112 valence electrons. The van der Waals surface area contributed by atoms with Gasteiger partial charge in [0.05, 0.1) is 17.5 Å². The van der Waals surface area contributed by atoms with Crippen molar-refractivity contribution in [3.05, 3.63) is 59.9 Å². The monoisotopic (exact) mass is 297 g/mol. The average Bonchev–Trinajstić information content (AvgIpc) is 2.86. The second-order valence-electron chi connectivity index (χ2n) is 4.98. The Morgan fingerprint density at radius 2 is 1.91 bits per heavy atom. The predicted octanol–water partition coefficient (Wildman–Crippen LogP) is 3.38. The molecule has 0 saturated heterocycles. The molecule has 3 aromatic rings. The van der Waals surface area contributed by atoms with Crippen molar-refractivity contribution in [2.24, 2.45) is 0 Å². The van der Waals surface area contributed by atoms with E-state index in [1.54, 1.807) is 18.2 Å². The molecule has 0 aliphatic carbocycles. The molecule has 0 atom stereocenters. The van der Waals surface area contributed by atoms with Crippen molar-refractivity contribution in [1.82, 2.24) is 9.55 Å². The summed E-state index contributed by atoms with van der Waals surface area (Å²) in [4.78, 5) is 16.6. The van der Waals surface area contributed by atoms with Crippen molar-refractivity contribution in [2.45, 2.75) is 19.9 Å². The molecule has 5 heteroatoms. The van der Waals surface area contributed by atoms with Gasteiger partial charge in [0, 0.05) is 6.54 Å². The van der Waals surface area contributed by atoms with Gasteiger partial charge in [0.15, 0.2) is 0 Å². The zero-order valence-corrected chi connectivity index (χ0v) is 12.2. The molecule has 2 aromatic carbocycles. The van der Waals surface area contributed by atoms with Crippen LogP contribution in [0.15, 0.2) is 48.5 Å². The molecule has 22 heavy (non-hydrogen) atoms. The van der Waals surface area contributed by atoms with E-state index in [0.717, 1.165) is 11.0 Å². The Bertz CT molecular complexity index is 826. The van der Waals surface area contributed by atoms with Gasteiger partial charge in [-0.05, 0) is 30.7 Å². The zero-order chi connectivity index (χ0) is 15.5. The van der Waals surface area contributed by atoms with E-state index >= 15 is 0 Å². The van der Waals surface area contributed by atoms with Gasteiger partial charge in [0.25, 0.3) is 0 Å². The Labute approximate surface area is 127 Å². The third kappa shape index (κ3) is 2.70. The number of hydrogen-bond acceptors (Lipinski definition) is 2. The summed E-state index contributed by atoms with van der Waals surface area (Å²) in [6.07, 6.45) is -0.0143. The molecule has 0 aliphatic heterocycles. The number of benzene rings is 2. The van der Waals surface area contributed by atoms with E-state index in [1.165, 1.54) is 6.07 Å². The number of para-hydroxylation sites is 2. The van der Waals surface area contributed by atoms with Crippen LogP contribution in [0.1, 0.15) is 12.5 Å². The summed E-state index contributed by atoms with van der Waals surface area (Å²) in [7, 11) is 0. The first-order valence-electron chi connectivity index (χ1n) is 7.17. The summed E-state index contributed by atoms with van der Waals surface area (Å²) in [5.74, 6) is -0.165. The van der Waals surface area contributed by atoms with Crippen molar-refractivity contribution in [3.8, 4) is 0 Å². The molecule has 4 nitrogen and oxygen atoms in total. The first-order chi connectivity index (χ1) is 10.7. The normalized spacial score (nSPS) is 10.8. The average molecular weight is 297 g/mol. The van der Waals surface area contributed by atoms with E-state index in [4.69, 9.17) is 0 Å². The Kier molecular flexibility index (Phi) is 3.87. The number of hydrogen-bond donors (Lipinski definition) is 1. The standard InChI is InChI=1S/C17H16FN3O/c1-2-21-15-10-6-5-9-14(15)19-17(21)20-16(22)11-12-7-3-4-8-13(12)18/h3-10H,2,11H2,1H3,(H,19,20,22). The molecule has 1 heterocycles. The Morgan fingerprint density at radius 1 is 1.18 bits per heavy atom. The summed E-state index contributed by atoms with van der Waals surface area (Å²) in [5.41, 5.74) is 2.16. The maximum Gasteiger partial charge on any atom is 0.231 e. The van der Waals surface area contributed by atoms with Crippen LogP contribution in [0.4, 0.5) is 10.3 Å². The highest BCUT2D eigenvalue weighted by atomic mass is 19.1. The van der Waals surface area contributed by atoms with Crippen molar-refractivity contribution in [2.75, 3.05) is 5.32 Å². The number of carbonyl (C=O) groups excluding carboxylic acids is 1. The van der Waals surface area contributed by atoms with Crippen LogP contribution < -0.4 is 5.32 Å². The van der Waals surface area contributed by atoms with Gasteiger partial charge in [-0.1, -0.05) is 30.3 Å². The number of carbonyl (C=O) groups is 1. The van der Waals surface area contributed by atoms with E-state index in [9.17, 15) is 9.18 Å². The highest BCUT2D eigenvalue weighted by molar-refractivity contribution is 5.92. The molecule has 1 amide bonds. The van der Waals surface area contributed by atoms with Crippen LogP contribution in [-0.2, 0) is 17.8 Å². The molecule has 1 N–H and O–H groups in total. The number of aromatic nitrogens is 2. The number of aryl methyl sites for hydroxylation is 1. The number of nitrogens with one attached hydrogen (secondary N) is 1. The number of halogens is 1. The minimum atomic E-state index is -0.373. The van der Waals surface area contributed by atoms with Crippen LogP contribution in [0, 0.1) is 5.82 Å². The number of amides is 1. The molecule has 0 unspecified atom stereocenters. The third-order valence-electron chi connectivity index (χ3n) is 3.53. The van der Waals surface area contributed by atoms with Crippen LogP contribution >= 0.6 is 0 Å². The molecule has 3 rings (SSSR count). The molecular weight excluding hydrogens is 281 g/mol. The van der Waals surface area contributed by atoms with Gasteiger partial charge in [0.2, 0.25) is 11.9 Å². The minimum absolute atomic E-state index is 0.0143. The van der Waals surface area contributed by atoms with Crippen molar-refractivity contribution < 1.29 is 9.18 Å². The summed E-state index contributed by atoms with van der Waals surface area (Å²) < 4.78 is 15.5. The molecule has 1 aromatic heterocycles. The van der Waals surface area contributed by atoms with Gasteiger partial charge < -0.3 is 4.57 Å². The maximum absolute atomic E-state index is 13.6. The van der Waals surface area contributed by atoms with Crippen molar-refractivity contribution in [3.63, 3.8) is 0 Å². The second kappa shape index (κ2) is 5.97. The fourth-order valence-corrected chi connectivity index (χ4v) is 2.47. The summed E-state index contributed by atoms with van der Waals surface area (Å²) >= 11 is 0. The first kappa shape index (κ1) is 14.3. The smallest absolute Gasteiger partial charge is 0.231 e. The zero-order valence-electron chi connectivity index (χ0n) is 12.2. The highest BCUT2D eigenvalue weighted by Gasteiger charge is 2.13. The lowest BCUT2D eigenvalue weighted by Gasteiger charge is -2.08. The van der Waals surface area contributed by atoms with E-state index < -0.39 is 0 Å². The lowest BCUT2D eigenvalue weighted by Crippen LogP contribution is -2.18. The number of anilines is 1. The van der Waals surface area contributed by atoms with Crippen molar-refractivity contribution >= 4 is 22.9 Å². The molecule has 0 saturated carbocycles. The SMILES string of the molecule is CCn1c(NC(=O)Cc2ccccc2F)nc2ccccc21. The molecule has 0 bridgehead atoms. The van der Waals surface area contributed by atoms with Crippen LogP contribution in [-0.4, -0.2) is 15.5 Å². The minimum Gasteiger partial charge on any atom is -0.310 e. The predicted molar refractivity (Wildman–Crippen MR) is 84.1 cm³/mol. The van der Waals surface area contributed by atoms with Gasteiger partial charge in [-0.25, -0.2) is 9.37 Å². The van der Waals surface area contributed by atoms with Crippen LogP contribution in [0.3, 0.4) is 0 Å². The Morgan fingerprint density at radius 3 is 2.68 bits per heavy atom. The van der Waals surface area contributed by atoms with Gasteiger partial charge in [-0.3, -0.25) is 10.1 Å². The summed E-state index contributed by atoms with van der Waals surface area (Å²) in [6, 6.07) is 14.0. The van der Waals surface area contributed by atoms with Crippen LogP contribution in [0.2, 0.25) is 0 Å². The second-order valence-corrected chi connectivity index (χ2v) is 4.98. The third-order valence-corrected chi connectivity index (χ3v) is 3.53. The topological polar surface area (TPSA) is 46.9 Å². The van der Waals surface area contributed by atoms with Gasteiger partial charge >= 0.3 is 0 Å². The fraction of sp³-hybridized carbons (Fsp3) is 0.176. The van der Waals surface area contributed by atoms with E-state index in [0.29, 0.717) is 18.1 Å². The highest BCUT2D eigenvalue weighted by Crippen LogP contribution is 2.19. The quantitative estimate of drug-likeness (QED) is 0.802. The lowest BCUT2D eigenvalue weighted by atomic mass is 10.1. The summed E-state index contributed by atoms with van der Waals surface area (Å²) in [6.45, 7) is 2.68. The molecule has 0 fully saturated rings. The number of imidazole rings is 1. The van der Waals surface area contributed by atoms with Gasteiger partial charge in [-0.15, -0.1) is 0 Å².